The smallest absolute Gasteiger partial charge is 0.168 e. The van der Waals surface area contributed by atoms with Crippen LogP contribution in [0.1, 0.15) is 19.4 Å². The van der Waals surface area contributed by atoms with Crippen molar-refractivity contribution in [1.29, 1.82) is 0 Å². The zero-order valence-corrected chi connectivity index (χ0v) is 14.9. The fourth-order valence-electron chi connectivity index (χ4n) is 3.10. The van der Waals surface area contributed by atoms with E-state index >= 15 is 0 Å². The molecule has 0 amide bonds. The van der Waals surface area contributed by atoms with Crippen molar-refractivity contribution in [2.75, 3.05) is 5.73 Å². The second-order valence-electron chi connectivity index (χ2n) is 6.15. The highest BCUT2D eigenvalue weighted by atomic mass is 35.5. The summed E-state index contributed by atoms with van der Waals surface area (Å²) < 4.78 is 2.00. The van der Waals surface area contributed by atoms with Crippen LogP contribution in [0.5, 0.6) is 0 Å². The van der Waals surface area contributed by atoms with E-state index in [2.05, 4.69) is 26.2 Å². The van der Waals surface area contributed by atoms with Crippen molar-refractivity contribution in [3.05, 3.63) is 65.9 Å². The summed E-state index contributed by atoms with van der Waals surface area (Å²) in [5, 5.41) is 9.15. The Balaban J connectivity index is 1.81. The third-order valence-corrected chi connectivity index (χ3v) is 4.99. The van der Waals surface area contributed by atoms with Gasteiger partial charge in [-0.15, -0.1) is 10.2 Å². The molecule has 0 fully saturated rings. The van der Waals surface area contributed by atoms with Gasteiger partial charge in [0.25, 0.3) is 0 Å². The van der Waals surface area contributed by atoms with Gasteiger partial charge >= 0.3 is 0 Å². The SMILES string of the molecule is CC1=C(Cl)C=CCC1n1cnnc1-c1cc(-c2cccnc2)cnc1N. The normalized spacial score (nSPS) is 16.9. The molecular formula is C19H17ClN6. The van der Waals surface area contributed by atoms with Gasteiger partial charge in [0.1, 0.15) is 12.1 Å². The molecule has 26 heavy (non-hydrogen) atoms. The van der Waals surface area contributed by atoms with Gasteiger partial charge in [-0.3, -0.25) is 4.98 Å². The first-order valence-corrected chi connectivity index (χ1v) is 8.61. The lowest BCUT2D eigenvalue weighted by molar-refractivity contribution is 0.577. The number of hydrogen-bond acceptors (Lipinski definition) is 5. The molecule has 1 unspecified atom stereocenters. The van der Waals surface area contributed by atoms with Gasteiger partial charge in [0, 0.05) is 34.7 Å². The van der Waals surface area contributed by atoms with E-state index in [1.807, 2.05) is 35.8 Å². The number of nitrogens with two attached hydrogens (primary N) is 1. The molecule has 0 radical (unpaired) electrons. The maximum absolute atomic E-state index is 6.31. The summed E-state index contributed by atoms with van der Waals surface area (Å²) in [7, 11) is 0. The minimum atomic E-state index is 0.0546. The second-order valence-corrected chi connectivity index (χ2v) is 6.55. The van der Waals surface area contributed by atoms with Gasteiger partial charge in [-0.05, 0) is 37.1 Å². The van der Waals surface area contributed by atoms with Crippen molar-refractivity contribution in [1.82, 2.24) is 24.7 Å². The van der Waals surface area contributed by atoms with Gasteiger partial charge in [0.15, 0.2) is 5.82 Å². The number of nitrogens with zero attached hydrogens (tertiary/aromatic N) is 5. The highest BCUT2D eigenvalue weighted by Crippen LogP contribution is 2.35. The number of aromatic nitrogens is 5. The summed E-state index contributed by atoms with van der Waals surface area (Å²) in [4.78, 5) is 8.51. The van der Waals surface area contributed by atoms with E-state index in [1.165, 1.54) is 0 Å². The number of hydrogen-bond donors (Lipinski definition) is 1. The Bertz CT molecular complexity index is 1010. The third kappa shape index (κ3) is 2.88. The summed E-state index contributed by atoms with van der Waals surface area (Å²) in [6.45, 7) is 2.02. The highest BCUT2D eigenvalue weighted by Gasteiger charge is 2.22. The molecule has 6 nitrogen and oxygen atoms in total. The first kappa shape index (κ1) is 16.5. The lowest BCUT2D eigenvalue weighted by atomic mass is 9.99. The van der Waals surface area contributed by atoms with Crippen LogP contribution in [0.25, 0.3) is 22.5 Å². The lowest BCUT2D eigenvalue weighted by Crippen LogP contribution is -2.14. The predicted molar refractivity (Wildman–Crippen MR) is 102 cm³/mol. The average molecular weight is 365 g/mol. The summed E-state index contributed by atoms with van der Waals surface area (Å²) in [6, 6.07) is 5.89. The number of anilines is 1. The van der Waals surface area contributed by atoms with Crippen LogP contribution >= 0.6 is 11.6 Å². The average Bonchev–Trinajstić information content (AvgIpc) is 3.14. The van der Waals surface area contributed by atoms with Crippen molar-refractivity contribution >= 4 is 17.4 Å². The summed E-state index contributed by atoms with van der Waals surface area (Å²) in [5.41, 5.74) is 9.86. The molecule has 0 aromatic carbocycles. The Hall–Kier alpha value is -2.99. The Morgan fingerprint density at radius 2 is 2.15 bits per heavy atom. The number of pyridine rings is 2. The van der Waals surface area contributed by atoms with Crippen LogP contribution in [-0.2, 0) is 0 Å². The number of nitrogen functional groups attached to an aromatic ring is 1. The number of rotatable bonds is 3. The Morgan fingerprint density at radius 3 is 2.96 bits per heavy atom. The first-order valence-electron chi connectivity index (χ1n) is 8.23. The van der Waals surface area contributed by atoms with E-state index in [0.717, 1.165) is 33.7 Å². The molecule has 0 spiro atoms. The van der Waals surface area contributed by atoms with Crippen molar-refractivity contribution in [3.63, 3.8) is 0 Å². The molecule has 1 aliphatic rings. The van der Waals surface area contributed by atoms with Crippen molar-refractivity contribution in [3.8, 4) is 22.5 Å². The van der Waals surface area contributed by atoms with E-state index in [9.17, 15) is 0 Å². The molecule has 3 heterocycles. The summed E-state index contributed by atoms with van der Waals surface area (Å²) in [6.07, 6.45) is 11.8. The molecule has 0 saturated heterocycles. The van der Waals surface area contributed by atoms with E-state index in [0.29, 0.717) is 11.6 Å². The van der Waals surface area contributed by atoms with Gasteiger partial charge in [-0.2, -0.15) is 0 Å². The van der Waals surface area contributed by atoms with Gasteiger partial charge in [0.2, 0.25) is 0 Å². The molecule has 2 N–H and O–H groups in total. The van der Waals surface area contributed by atoms with Gasteiger partial charge in [-0.1, -0.05) is 23.7 Å². The van der Waals surface area contributed by atoms with E-state index < -0.39 is 0 Å². The minimum absolute atomic E-state index is 0.0546. The molecular weight excluding hydrogens is 348 g/mol. The van der Waals surface area contributed by atoms with Crippen molar-refractivity contribution in [2.24, 2.45) is 0 Å². The Morgan fingerprint density at radius 1 is 1.27 bits per heavy atom. The van der Waals surface area contributed by atoms with Crippen LogP contribution in [0.15, 0.2) is 65.9 Å². The van der Waals surface area contributed by atoms with Crippen LogP contribution in [0.4, 0.5) is 5.82 Å². The quantitative estimate of drug-likeness (QED) is 0.759. The number of halogens is 1. The zero-order chi connectivity index (χ0) is 18.1. The van der Waals surface area contributed by atoms with Crippen LogP contribution in [0.2, 0.25) is 0 Å². The maximum Gasteiger partial charge on any atom is 0.168 e. The number of allylic oxidation sites excluding steroid dienone is 4. The predicted octanol–water partition coefficient (Wildman–Crippen LogP) is 4.00. The molecule has 4 rings (SSSR count). The van der Waals surface area contributed by atoms with E-state index in [-0.39, 0.29) is 6.04 Å². The van der Waals surface area contributed by atoms with Crippen molar-refractivity contribution < 1.29 is 0 Å². The molecule has 3 aromatic rings. The molecule has 130 valence electrons. The molecule has 7 heteroatoms. The molecule has 0 saturated carbocycles. The van der Waals surface area contributed by atoms with Crippen LogP contribution in [0.3, 0.4) is 0 Å². The topological polar surface area (TPSA) is 82.5 Å². The van der Waals surface area contributed by atoms with E-state index in [4.69, 9.17) is 17.3 Å². The van der Waals surface area contributed by atoms with E-state index in [1.54, 1.807) is 24.9 Å². The fourth-order valence-corrected chi connectivity index (χ4v) is 3.31. The lowest BCUT2D eigenvalue weighted by Gasteiger charge is -2.23. The molecule has 3 aromatic heterocycles. The standard InChI is InChI=1S/C19H17ClN6/c1-12-16(20)5-2-6-17(12)26-11-24-25-19(26)15-8-14(10-23-18(15)21)13-4-3-7-22-9-13/h2-5,7-11,17H,6H2,1H3,(H2,21,23). The van der Waals surface area contributed by atoms with Crippen LogP contribution in [-0.4, -0.2) is 24.7 Å². The summed E-state index contributed by atoms with van der Waals surface area (Å²) >= 11 is 6.31. The highest BCUT2D eigenvalue weighted by molar-refractivity contribution is 6.31. The maximum atomic E-state index is 6.31. The van der Waals surface area contributed by atoms with Gasteiger partial charge in [-0.25, -0.2) is 4.98 Å². The fraction of sp³-hybridized carbons (Fsp3) is 0.158. The monoisotopic (exact) mass is 364 g/mol. The summed E-state index contributed by atoms with van der Waals surface area (Å²) in [5.74, 6) is 1.08. The first-order chi connectivity index (χ1) is 12.6. The largest absolute Gasteiger partial charge is 0.383 e. The third-order valence-electron chi connectivity index (χ3n) is 4.56. The van der Waals surface area contributed by atoms with Gasteiger partial charge < -0.3 is 10.3 Å². The minimum Gasteiger partial charge on any atom is -0.383 e. The molecule has 1 aliphatic carbocycles. The Kier molecular flexibility index (Phi) is 4.26. The van der Waals surface area contributed by atoms with Crippen LogP contribution in [0, 0.1) is 0 Å². The molecule has 0 aliphatic heterocycles. The zero-order valence-electron chi connectivity index (χ0n) is 14.2. The molecule has 1 atom stereocenters. The Labute approximate surface area is 156 Å². The second kappa shape index (κ2) is 6.72. The van der Waals surface area contributed by atoms with Crippen molar-refractivity contribution in [2.45, 2.75) is 19.4 Å². The van der Waals surface area contributed by atoms with Gasteiger partial charge in [0.05, 0.1) is 11.6 Å². The van der Waals surface area contributed by atoms with Crippen LogP contribution < -0.4 is 5.73 Å². The molecule has 0 bridgehead atoms.